The van der Waals surface area contributed by atoms with E-state index in [1.807, 2.05) is 43.3 Å². The zero-order valence-electron chi connectivity index (χ0n) is 16.5. The zero-order chi connectivity index (χ0) is 20.2. The third-order valence-corrected chi connectivity index (χ3v) is 5.89. The smallest absolute Gasteiger partial charge is 0.234 e. The Bertz CT molecular complexity index is 1050. The van der Waals surface area contributed by atoms with Crippen molar-refractivity contribution in [3.63, 3.8) is 0 Å². The van der Waals surface area contributed by atoms with Crippen molar-refractivity contribution in [1.82, 2.24) is 10.6 Å². The van der Waals surface area contributed by atoms with Crippen LogP contribution in [0.5, 0.6) is 0 Å². The Kier molecular flexibility index (Phi) is 5.79. The van der Waals surface area contributed by atoms with Gasteiger partial charge >= 0.3 is 0 Å². The summed E-state index contributed by atoms with van der Waals surface area (Å²) in [6, 6.07) is 22.2. The highest BCUT2D eigenvalue weighted by Crippen LogP contribution is 2.26. The van der Waals surface area contributed by atoms with Crippen LogP contribution in [0.4, 0.5) is 0 Å². The summed E-state index contributed by atoms with van der Waals surface area (Å²) in [4.78, 5) is 13.8. The van der Waals surface area contributed by atoms with E-state index < -0.39 is 0 Å². The van der Waals surface area contributed by atoms with Crippen LogP contribution in [0.15, 0.2) is 76.5 Å². The minimum Gasteiger partial charge on any atom is -0.459 e. The molecule has 29 heavy (non-hydrogen) atoms. The molecule has 0 saturated heterocycles. The van der Waals surface area contributed by atoms with Gasteiger partial charge in [0, 0.05) is 10.3 Å². The van der Waals surface area contributed by atoms with Crippen LogP contribution in [-0.2, 0) is 4.79 Å². The first kappa shape index (κ1) is 19.4. The topological polar surface area (TPSA) is 54.3 Å². The minimum atomic E-state index is -0.198. The summed E-state index contributed by atoms with van der Waals surface area (Å²) in [6.07, 6.45) is 0. The van der Waals surface area contributed by atoms with Gasteiger partial charge in [-0.25, -0.2) is 0 Å². The van der Waals surface area contributed by atoms with Gasteiger partial charge in [0.1, 0.15) is 11.3 Å². The van der Waals surface area contributed by atoms with Crippen LogP contribution in [-0.4, -0.2) is 12.5 Å². The average Bonchev–Trinajstić information content (AvgIpc) is 3.39. The van der Waals surface area contributed by atoms with Crippen molar-refractivity contribution >= 4 is 28.2 Å². The van der Waals surface area contributed by atoms with Crippen molar-refractivity contribution in [3.8, 4) is 0 Å². The number of rotatable bonds is 7. The number of amides is 1. The van der Waals surface area contributed by atoms with Crippen molar-refractivity contribution in [2.45, 2.75) is 25.9 Å². The first-order valence-corrected chi connectivity index (χ1v) is 10.6. The molecule has 2 aromatic heterocycles. The summed E-state index contributed by atoms with van der Waals surface area (Å²) in [5.41, 5.74) is 3.20. The van der Waals surface area contributed by atoms with Gasteiger partial charge in [-0.05, 0) is 43.0 Å². The number of para-hydroxylation sites is 1. The first-order valence-electron chi connectivity index (χ1n) is 9.71. The van der Waals surface area contributed by atoms with E-state index in [1.165, 1.54) is 10.4 Å². The fraction of sp³-hybridized carbons (Fsp3) is 0.208. The van der Waals surface area contributed by atoms with Crippen LogP contribution in [0, 0.1) is 6.92 Å². The Hall–Kier alpha value is -2.89. The molecule has 0 spiro atoms. The van der Waals surface area contributed by atoms with Crippen LogP contribution in [0.3, 0.4) is 0 Å². The van der Waals surface area contributed by atoms with Crippen LogP contribution in [0.1, 0.15) is 40.8 Å². The molecule has 148 valence electrons. The van der Waals surface area contributed by atoms with E-state index in [0.29, 0.717) is 0 Å². The normalized spacial score (nSPS) is 13.3. The largest absolute Gasteiger partial charge is 0.459 e. The molecule has 0 fully saturated rings. The van der Waals surface area contributed by atoms with Crippen LogP contribution in [0.2, 0.25) is 0 Å². The molecule has 1 amide bonds. The zero-order valence-corrected chi connectivity index (χ0v) is 17.3. The standard InChI is InChI=1S/C24H24N2O2S/c1-16-9-11-18(12-10-16)24(22-8-5-13-29-22)25-15-23(27)26-17(2)21-14-19-6-3-4-7-20(19)28-21/h3-14,17,24-25H,15H2,1-2H3,(H,26,27)/t17-,24+/m0/s1. The number of furan rings is 1. The molecular weight excluding hydrogens is 380 g/mol. The molecule has 2 N–H and O–H groups in total. The van der Waals surface area contributed by atoms with E-state index >= 15 is 0 Å². The third kappa shape index (κ3) is 4.58. The van der Waals surface area contributed by atoms with Crippen molar-refractivity contribution in [1.29, 1.82) is 0 Å². The molecule has 4 aromatic rings. The molecule has 0 aliphatic rings. The molecule has 0 aliphatic heterocycles. The van der Waals surface area contributed by atoms with E-state index in [-0.39, 0.29) is 24.5 Å². The fourth-order valence-corrected chi connectivity index (χ4v) is 4.20. The lowest BCUT2D eigenvalue weighted by Crippen LogP contribution is -2.37. The summed E-state index contributed by atoms with van der Waals surface area (Å²) in [7, 11) is 0. The second-order valence-corrected chi connectivity index (χ2v) is 8.20. The summed E-state index contributed by atoms with van der Waals surface area (Å²) in [6.45, 7) is 4.23. The monoisotopic (exact) mass is 404 g/mol. The number of nitrogens with one attached hydrogen (secondary N) is 2. The van der Waals surface area contributed by atoms with Gasteiger partial charge in [-0.1, -0.05) is 54.1 Å². The lowest BCUT2D eigenvalue weighted by molar-refractivity contribution is -0.121. The molecule has 0 radical (unpaired) electrons. The van der Waals surface area contributed by atoms with E-state index in [4.69, 9.17) is 4.42 Å². The van der Waals surface area contributed by atoms with Gasteiger partial charge in [0.2, 0.25) is 5.91 Å². The van der Waals surface area contributed by atoms with Crippen molar-refractivity contribution in [2.24, 2.45) is 0 Å². The van der Waals surface area contributed by atoms with Gasteiger partial charge in [0.25, 0.3) is 0 Å². The molecule has 2 atom stereocenters. The SMILES string of the molecule is Cc1ccc([C@@H](NCC(=O)N[C@@H](C)c2cc3ccccc3o2)c2cccs2)cc1. The second kappa shape index (κ2) is 8.64. The number of hydrogen-bond donors (Lipinski definition) is 2. The number of hydrogen-bond acceptors (Lipinski definition) is 4. The number of benzene rings is 2. The molecule has 0 unspecified atom stereocenters. The number of thiophene rings is 1. The van der Waals surface area contributed by atoms with E-state index in [1.54, 1.807) is 11.3 Å². The number of carbonyl (C=O) groups is 1. The summed E-state index contributed by atoms with van der Waals surface area (Å²) >= 11 is 1.69. The predicted octanol–water partition coefficient (Wildman–Crippen LogP) is 5.36. The van der Waals surface area contributed by atoms with Crippen molar-refractivity contribution in [2.75, 3.05) is 6.54 Å². The number of carbonyl (C=O) groups excluding carboxylic acids is 1. The van der Waals surface area contributed by atoms with Gasteiger partial charge in [0.15, 0.2) is 0 Å². The minimum absolute atomic E-state index is 0.0112. The lowest BCUT2D eigenvalue weighted by atomic mass is 10.0. The third-order valence-electron chi connectivity index (χ3n) is 4.95. The summed E-state index contributed by atoms with van der Waals surface area (Å²) in [5.74, 6) is 0.694. The number of fused-ring (bicyclic) bond motifs is 1. The van der Waals surface area contributed by atoms with Crippen molar-refractivity contribution in [3.05, 3.63) is 93.9 Å². The lowest BCUT2D eigenvalue weighted by Gasteiger charge is -2.19. The maximum atomic E-state index is 12.6. The molecule has 0 saturated carbocycles. The first-order chi connectivity index (χ1) is 14.1. The molecule has 0 aliphatic carbocycles. The van der Waals surface area contributed by atoms with Gasteiger partial charge in [0.05, 0.1) is 18.6 Å². The molecule has 4 nitrogen and oxygen atoms in total. The van der Waals surface area contributed by atoms with Crippen LogP contribution < -0.4 is 10.6 Å². The molecule has 2 heterocycles. The highest BCUT2D eigenvalue weighted by molar-refractivity contribution is 7.10. The van der Waals surface area contributed by atoms with Gasteiger partial charge in [-0.2, -0.15) is 0 Å². The highest BCUT2D eigenvalue weighted by Gasteiger charge is 2.18. The van der Waals surface area contributed by atoms with Crippen molar-refractivity contribution < 1.29 is 9.21 Å². The maximum absolute atomic E-state index is 12.6. The Balaban J connectivity index is 1.41. The van der Waals surface area contributed by atoms with Crippen LogP contribution in [0.25, 0.3) is 11.0 Å². The molecular formula is C24H24N2O2S. The molecule has 5 heteroatoms. The molecule has 2 aromatic carbocycles. The average molecular weight is 405 g/mol. The fourth-order valence-electron chi connectivity index (χ4n) is 3.37. The van der Waals surface area contributed by atoms with Gasteiger partial charge in [-0.15, -0.1) is 11.3 Å². The van der Waals surface area contributed by atoms with Crippen LogP contribution >= 0.6 is 11.3 Å². The summed E-state index contributed by atoms with van der Waals surface area (Å²) in [5, 5.41) is 9.53. The molecule has 0 bridgehead atoms. The van der Waals surface area contributed by atoms with Gasteiger partial charge in [-0.3, -0.25) is 10.1 Å². The van der Waals surface area contributed by atoms with E-state index in [0.717, 1.165) is 22.3 Å². The van der Waals surface area contributed by atoms with E-state index in [2.05, 4.69) is 53.3 Å². The highest BCUT2D eigenvalue weighted by atomic mass is 32.1. The summed E-state index contributed by atoms with van der Waals surface area (Å²) < 4.78 is 5.86. The molecule has 4 rings (SSSR count). The Morgan fingerprint density at radius 3 is 2.59 bits per heavy atom. The van der Waals surface area contributed by atoms with E-state index in [9.17, 15) is 4.79 Å². The van der Waals surface area contributed by atoms with Gasteiger partial charge < -0.3 is 9.73 Å². The Morgan fingerprint density at radius 1 is 1.07 bits per heavy atom. The quantitative estimate of drug-likeness (QED) is 0.436. The Labute approximate surface area is 174 Å². The maximum Gasteiger partial charge on any atom is 0.234 e. The Morgan fingerprint density at radius 2 is 1.86 bits per heavy atom. The second-order valence-electron chi connectivity index (χ2n) is 7.22. The predicted molar refractivity (Wildman–Crippen MR) is 118 cm³/mol. The number of aryl methyl sites for hydroxylation is 1.